The number of rotatable bonds is 3. The third kappa shape index (κ3) is 2.56. The summed E-state index contributed by atoms with van der Waals surface area (Å²) in [4.78, 5) is 26.5. The molecule has 1 aromatic heterocycles. The molecule has 1 aromatic carbocycles. The average molecular weight is 300 g/mol. The normalized spacial score (nSPS) is 13.4. The lowest BCUT2D eigenvalue weighted by Crippen LogP contribution is -2.25. The van der Waals surface area contributed by atoms with Gasteiger partial charge in [-0.1, -0.05) is 0 Å². The number of hydrogen-bond donors (Lipinski definition) is 1. The zero-order valence-corrected chi connectivity index (χ0v) is 12.8. The second-order valence-electron chi connectivity index (χ2n) is 5.10. The first-order valence-electron chi connectivity index (χ1n) is 6.88. The molecule has 0 saturated carbocycles. The molecule has 4 nitrogen and oxygen atoms in total. The van der Waals surface area contributed by atoms with E-state index in [1.807, 2.05) is 43.5 Å². The second kappa shape index (κ2) is 5.33. The topological polar surface area (TPSA) is 49.4 Å². The highest BCUT2D eigenvalue weighted by atomic mass is 32.1. The minimum atomic E-state index is -0.107. The molecule has 0 aliphatic carbocycles. The van der Waals surface area contributed by atoms with Gasteiger partial charge >= 0.3 is 0 Å². The lowest BCUT2D eigenvalue weighted by Gasteiger charge is -2.14. The van der Waals surface area contributed by atoms with Crippen LogP contribution in [0.4, 0.5) is 11.4 Å². The van der Waals surface area contributed by atoms with Crippen molar-refractivity contribution in [2.45, 2.75) is 20.3 Å². The Kier molecular flexibility index (Phi) is 3.51. The van der Waals surface area contributed by atoms with E-state index in [1.54, 1.807) is 4.90 Å². The van der Waals surface area contributed by atoms with Gasteiger partial charge in [0.2, 0.25) is 5.91 Å². The maximum atomic E-state index is 12.1. The molecule has 0 fully saturated rings. The largest absolute Gasteiger partial charge is 0.321 e. The third-order valence-electron chi connectivity index (χ3n) is 3.54. The Balaban J connectivity index is 1.81. The molecular weight excluding hydrogens is 284 g/mol. The molecule has 2 amide bonds. The molecule has 2 heterocycles. The van der Waals surface area contributed by atoms with Crippen LogP contribution in [0.1, 0.15) is 27.7 Å². The van der Waals surface area contributed by atoms with E-state index < -0.39 is 0 Å². The first kappa shape index (κ1) is 13.8. The Bertz CT molecular complexity index is 721. The van der Waals surface area contributed by atoms with Crippen molar-refractivity contribution in [3.05, 3.63) is 45.6 Å². The fourth-order valence-corrected chi connectivity index (χ4v) is 3.34. The van der Waals surface area contributed by atoms with E-state index in [0.29, 0.717) is 17.8 Å². The van der Waals surface area contributed by atoms with Crippen LogP contribution in [0.3, 0.4) is 0 Å². The smallest absolute Gasteiger partial charge is 0.265 e. The second-order valence-corrected chi connectivity index (χ2v) is 6.01. The minimum absolute atomic E-state index is 0.107. The van der Waals surface area contributed by atoms with Crippen LogP contribution in [0.5, 0.6) is 0 Å². The molecule has 0 radical (unpaired) electrons. The Morgan fingerprint density at radius 1 is 1.38 bits per heavy atom. The standard InChI is InChI=1S/C16H16N2O2S/c1-3-18-13-5-4-12(7-11(13)8-15(18)19)17-16(20)14-6-10(2)9-21-14/h4-7,9H,3,8H2,1-2H3,(H,17,20). The summed E-state index contributed by atoms with van der Waals surface area (Å²) in [7, 11) is 0. The van der Waals surface area contributed by atoms with Crippen LogP contribution >= 0.6 is 11.3 Å². The summed E-state index contributed by atoms with van der Waals surface area (Å²) in [5.41, 5.74) is 3.74. The number of anilines is 2. The van der Waals surface area contributed by atoms with E-state index in [0.717, 1.165) is 22.5 Å². The predicted octanol–water partition coefficient (Wildman–Crippen LogP) is 3.22. The summed E-state index contributed by atoms with van der Waals surface area (Å²) in [6.07, 6.45) is 0.408. The Labute approximate surface area is 127 Å². The van der Waals surface area contributed by atoms with Gasteiger partial charge in [0, 0.05) is 17.9 Å². The number of thiophene rings is 1. The third-order valence-corrected chi connectivity index (χ3v) is 4.59. The molecule has 0 saturated heterocycles. The fourth-order valence-electron chi connectivity index (χ4n) is 2.55. The van der Waals surface area contributed by atoms with Gasteiger partial charge in [-0.25, -0.2) is 0 Å². The van der Waals surface area contributed by atoms with Crippen molar-refractivity contribution in [3.63, 3.8) is 0 Å². The van der Waals surface area contributed by atoms with Gasteiger partial charge in [-0.05, 0) is 54.6 Å². The van der Waals surface area contributed by atoms with Gasteiger partial charge in [-0.15, -0.1) is 11.3 Å². The van der Waals surface area contributed by atoms with Crippen LogP contribution < -0.4 is 10.2 Å². The number of fused-ring (bicyclic) bond motifs is 1. The van der Waals surface area contributed by atoms with Crippen LogP contribution in [0, 0.1) is 6.92 Å². The van der Waals surface area contributed by atoms with E-state index in [4.69, 9.17) is 0 Å². The molecular formula is C16H16N2O2S. The van der Waals surface area contributed by atoms with Crippen LogP contribution in [0.2, 0.25) is 0 Å². The SMILES string of the molecule is CCN1C(=O)Cc2cc(NC(=O)c3cc(C)cs3)ccc21. The number of benzene rings is 1. The molecule has 0 bridgehead atoms. The summed E-state index contributed by atoms with van der Waals surface area (Å²) in [6, 6.07) is 7.51. The molecule has 0 atom stereocenters. The van der Waals surface area contributed by atoms with E-state index >= 15 is 0 Å². The van der Waals surface area contributed by atoms with E-state index in [1.165, 1.54) is 11.3 Å². The highest BCUT2D eigenvalue weighted by Gasteiger charge is 2.26. The maximum Gasteiger partial charge on any atom is 0.265 e. The highest BCUT2D eigenvalue weighted by Crippen LogP contribution is 2.31. The monoisotopic (exact) mass is 300 g/mol. The Hall–Kier alpha value is -2.14. The van der Waals surface area contributed by atoms with Gasteiger partial charge < -0.3 is 10.2 Å². The number of amides is 2. The van der Waals surface area contributed by atoms with E-state index in [-0.39, 0.29) is 11.8 Å². The number of nitrogens with zero attached hydrogens (tertiary/aromatic N) is 1. The molecule has 108 valence electrons. The predicted molar refractivity (Wildman–Crippen MR) is 85.2 cm³/mol. The Morgan fingerprint density at radius 3 is 2.86 bits per heavy atom. The van der Waals surface area contributed by atoms with Crippen molar-refractivity contribution >= 4 is 34.5 Å². The molecule has 0 spiro atoms. The van der Waals surface area contributed by atoms with Gasteiger partial charge in [0.1, 0.15) is 0 Å². The van der Waals surface area contributed by atoms with Crippen molar-refractivity contribution in [3.8, 4) is 0 Å². The van der Waals surface area contributed by atoms with Gasteiger partial charge in [-0.2, -0.15) is 0 Å². The quantitative estimate of drug-likeness (QED) is 0.946. The molecule has 5 heteroatoms. The summed E-state index contributed by atoms with van der Waals surface area (Å²) in [5.74, 6) is 0.00887. The first-order valence-corrected chi connectivity index (χ1v) is 7.76. The van der Waals surface area contributed by atoms with E-state index in [9.17, 15) is 9.59 Å². The zero-order valence-electron chi connectivity index (χ0n) is 12.0. The van der Waals surface area contributed by atoms with Crippen molar-refractivity contribution in [2.75, 3.05) is 16.8 Å². The lowest BCUT2D eigenvalue weighted by atomic mass is 10.1. The summed E-state index contributed by atoms with van der Waals surface area (Å²) < 4.78 is 0. The summed E-state index contributed by atoms with van der Waals surface area (Å²) in [5, 5.41) is 4.84. The van der Waals surface area contributed by atoms with Gasteiger partial charge in [0.15, 0.2) is 0 Å². The maximum absolute atomic E-state index is 12.1. The number of carbonyl (C=O) groups excluding carboxylic acids is 2. The van der Waals surface area contributed by atoms with Crippen LogP contribution in [-0.2, 0) is 11.2 Å². The van der Waals surface area contributed by atoms with Crippen LogP contribution in [0.15, 0.2) is 29.6 Å². The number of likely N-dealkylation sites (N-methyl/N-ethyl adjacent to an activating group) is 1. The van der Waals surface area contributed by atoms with Crippen molar-refractivity contribution in [2.24, 2.45) is 0 Å². The molecule has 1 aliphatic rings. The molecule has 3 rings (SSSR count). The number of nitrogens with one attached hydrogen (secondary N) is 1. The molecule has 1 aliphatic heterocycles. The minimum Gasteiger partial charge on any atom is -0.321 e. The van der Waals surface area contributed by atoms with Crippen molar-refractivity contribution in [1.82, 2.24) is 0 Å². The number of carbonyl (C=O) groups is 2. The zero-order chi connectivity index (χ0) is 15.0. The van der Waals surface area contributed by atoms with Crippen LogP contribution in [-0.4, -0.2) is 18.4 Å². The van der Waals surface area contributed by atoms with Gasteiger partial charge in [0.25, 0.3) is 5.91 Å². The van der Waals surface area contributed by atoms with Crippen molar-refractivity contribution < 1.29 is 9.59 Å². The Morgan fingerprint density at radius 2 is 2.19 bits per heavy atom. The molecule has 21 heavy (non-hydrogen) atoms. The fraction of sp³-hybridized carbons (Fsp3) is 0.250. The highest BCUT2D eigenvalue weighted by molar-refractivity contribution is 7.12. The average Bonchev–Trinajstić information content (AvgIpc) is 3.01. The summed E-state index contributed by atoms with van der Waals surface area (Å²) in [6.45, 7) is 4.60. The summed E-state index contributed by atoms with van der Waals surface area (Å²) >= 11 is 1.43. The number of aryl methyl sites for hydroxylation is 1. The lowest BCUT2D eigenvalue weighted by molar-refractivity contribution is -0.117. The van der Waals surface area contributed by atoms with Crippen molar-refractivity contribution in [1.29, 1.82) is 0 Å². The van der Waals surface area contributed by atoms with E-state index in [2.05, 4.69) is 5.32 Å². The first-order chi connectivity index (χ1) is 10.1. The molecule has 0 unspecified atom stereocenters. The number of hydrogen-bond acceptors (Lipinski definition) is 3. The van der Waals surface area contributed by atoms with Gasteiger partial charge in [-0.3, -0.25) is 9.59 Å². The van der Waals surface area contributed by atoms with Gasteiger partial charge in [0.05, 0.1) is 11.3 Å². The molecule has 2 aromatic rings. The molecule has 1 N–H and O–H groups in total. The van der Waals surface area contributed by atoms with Crippen LogP contribution in [0.25, 0.3) is 0 Å².